The summed E-state index contributed by atoms with van der Waals surface area (Å²) >= 11 is 19.2. The van der Waals surface area contributed by atoms with Crippen molar-refractivity contribution in [2.24, 2.45) is 0 Å². The number of carbonyl (C=O) groups excluding carboxylic acids is 1. The van der Waals surface area contributed by atoms with Gasteiger partial charge in [-0.15, -0.1) is 0 Å². The zero-order valence-electron chi connectivity index (χ0n) is 20.2. The van der Waals surface area contributed by atoms with Gasteiger partial charge in [-0.3, -0.25) is 4.79 Å². The van der Waals surface area contributed by atoms with E-state index in [1.165, 1.54) is 18.9 Å². The normalized spacial score (nSPS) is 13.9. The van der Waals surface area contributed by atoms with Crippen LogP contribution >= 0.6 is 34.8 Å². The summed E-state index contributed by atoms with van der Waals surface area (Å²) in [5.74, 6) is 0.301. The van der Waals surface area contributed by atoms with Crippen LogP contribution in [0.1, 0.15) is 25.3 Å². The molecule has 0 spiro atoms. The summed E-state index contributed by atoms with van der Waals surface area (Å²) in [4.78, 5) is 35.5. The number of aromatic nitrogens is 2. The van der Waals surface area contributed by atoms with Crippen LogP contribution in [-0.2, 0) is 11.3 Å². The predicted octanol–water partition coefficient (Wildman–Crippen LogP) is 6.27. The van der Waals surface area contributed by atoms with E-state index in [9.17, 15) is 14.7 Å². The number of benzene rings is 1. The second kappa shape index (κ2) is 11.5. The van der Waals surface area contributed by atoms with Crippen LogP contribution in [0.2, 0.25) is 15.2 Å². The average molecular weight is 564 g/mol. The molecule has 2 amide bonds. The second-order valence-electron chi connectivity index (χ2n) is 8.64. The molecule has 4 rings (SSSR count). The molecule has 3 aromatic rings. The maximum atomic E-state index is 12.1. The maximum Gasteiger partial charge on any atom is 0.407 e. The lowest BCUT2D eigenvalue weighted by atomic mass is 10.0. The van der Waals surface area contributed by atoms with Crippen molar-refractivity contribution in [2.75, 3.05) is 20.2 Å². The molecule has 1 fully saturated rings. The lowest BCUT2D eigenvalue weighted by Crippen LogP contribution is -2.47. The molecule has 0 saturated carbocycles. The van der Waals surface area contributed by atoms with E-state index in [0.717, 1.165) is 0 Å². The van der Waals surface area contributed by atoms with Crippen molar-refractivity contribution in [1.29, 1.82) is 0 Å². The molecule has 194 valence electrons. The van der Waals surface area contributed by atoms with E-state index in [2.05, 4.69) is 9.97 Å². The smallest absolute Gasteiger partial charge is 0.407 e. The van der Waals surface area contributed by atoms with Gasteiger partial charge in [-0.2, -0.15) is 0 Å². The van der Waals surface area contributed by atoms with E-state index >= 15 is 0 Å². The summed E-state index contributed by atoms with van der Waals surface area (Å²) in [6.45, 7) is 2.69. The SMILES string of the molecule is COc1nc(-c2cccc(-c3ccnc(Cl)c3Cl)c2Cl)ccc1CN(C(=O)O)C1CCN(C(C)=O)CC1. The van der Waals surface area contributed by atoms with Crippen molar-refractivity contribution in [1.82, 2.24) is 19.8 Å². The molecule has 0 atom stereocenters. The zero-order valence-corrected chi connectivity index (χ0v) is 22.5. The first-order chi connectivity index (χ1) is 17.7. The third kappa shape index (κ3) is 5.76. The molecule has 1 aromatic carbocycles. The lowest BCUT2D eigenvalue weighted by molar-refractivity contribution is -0.130. The van der Waals surface area contributed by atoms with E-state index in [-0.39, 0.29) is 23.6 Å². The fraction of sp³-hybridized carbons (Fsp3) is 0.308. The Balaban J connectivity index is 1.62. The van der Waals surface area contributed by atoms with Crippen LogP contribution in [0.4, 0.5) is 4.79 Å². The number of nitrogens with zero attached hydrogens (tertiary/aromatic N) is 4. The molecule has 1 saturated heterocycles. The van der Waals surface area contributed by atoms with Gasteiger partial charge in [0.05, 0.1) is 29.4 Å². The molecule has 0 radical (unpaired) electrons. The summed E-state index contributed by atoms with van der Waals surface area (Å²) in [7, 11) is 1.49. The Labute approximate surface area is 229 Å². The summed E-state index contributed by atoms with van der Waals surface area (Å²) < 4.78 is 5.54. The lowest BCUT2D eigenvalue weighted by Gasteiger charge is -2.37. The molecule has 8 nitrogen and oxygen atoms in total. The Bertz CT molecular complexity index is 1330. The number of hydrogen-bond donors (Lipinski definition) is 1. The van der Waals surface area contributed by atoms with Crippen LogP contribution in [0.5, 0.6) is 5.88 Å². The number of hydrogen-bond acceptors (Lipinski definition) is 5. The van der Waals surface area contributed by atoms with Gasteiger partial charge in [0.15, 0.2) is 0 Å². The van der Waals surface area contributed by atoms with E-state index in [1.807, 2.05) is 18.2 Å². The molecule has 1 N–H and O–H groups in total. The van der Waals surface area contributed by atoms with Crippen LogP contribution in [0.15, 0.2) is 42.6 Å². The number of halogens is 3. The van der Waals surface area contributed by atoms with Crippen molar-refractivity contribution in [3.63, 3.8) is 0 Å². The number of methoxy groups -OCH3 is 1. The Morgan fingerprint density at radius 3 is 2.38 bits per heavy atom. The second-order valence-corrected chi connectivity index (χ2v) is 9.76. The highest BCUT2D eigenvalue weighted by Gasteiger charge is 2.29. The van der Waals surface area contributed by atoms with Crippen LogP contribution in [0, 0.1) is 0 Å². The first-order valence-corrected chi connectivity index (χ1v) is 12.7. The van der Waals surface area contributed by atoms with Crippen molar-refractivity contribution in [2.45, 2.75) is 32.4 Å². The fourth-order valence-electron chi connectivity index (χ4n) is 4.51. The first-order valence-electron chi connectivity index (χ1n) is 11.6. The third-order valence-corrected chi connectivity index (χ3v) is 7.65. The van der Waals surface area contributed by atoms with E-state index in [0.29, 0.717) is 69.8 Å². The molecule has 0 aliphatic carbocycles. The fourth-order valence-corrected chi connectivity index (χ4v) is 5.21. The van der Waals surface area contributed by atoms with Gasteiger partial charge in [-0.1, -0.05) is 53.0 Å². The van der Waals surface area contributed by atoms with Crippen LogP contribution in [-0.4, -0.2) is 63.1 Å². The van der Waals surface area contributed by atoms with Gasteiger partial charge < -0.3 is 19.6 Å². The number of likely N-dealkylation sites (tertiary alicyclic amines) is 1. The molecule has 0 bridgehead atoms. The van der Waals surface area contributed by atoms with Gasteiger partial charge in [0.2, 0.25) is 11.8 Å². The molecule has 1 aliphatic rings. The van der Waals surface area contributed by atoms with Crippen molar-refractivity contribution < 1.29 is 19.4 Å². The number of rotatable bonds is 6. The topological polar surface area (TPSA) is 95.9 Å². The number of carbonyl (C=O) groups is 2. The summed E-state index contributed by atoms with van der Waals surface area (Å²) in [6, 6.07) is 10.6. The minimum atomic E-state index is -1.03. The summed E-state index contributed by atoms with van der Waals surface area (Å²) in [6.07, 6.45) is 1.67. The highest BCUT2D eigenvalue weighted by molar-refractivity contribution is 6.43. The molecule has 11 heteroatoms. The molecule has 0 unspecified atom stereocenters. The zero-order chi connectivity index (χ0) is 26.7. The van der Waals surface area contributed by atoms with Crippen molar-refractivity contribution in [3.05, 3.63) is 63.4 Å². The summed E-state index contributed by atoms with van der Waals surface area (Å²) in [5, 5.41) is 10.8. The van der Waals surface area contributed by atoms with E-state index < -0.39 is 6.09 Å². The van der Waals surface area contributed by atoms with Gasteiger partial charge in [0.1, 0.15) is 5.15 Å². The summed E-state index contributed by atoms with van der Waals surface area (Å²) in [5.41, 5.74) is 3.15. The Morgan fingerprint density at radius 2 is 1.73 bits per heavy atom. The number of carboxylic acid groups (broad SMARTS) is 1. The molecule has 3 heterocycles. The van der Waals surface area contributed by atoms with Crippen LogP contribution in [0.3, 0.4) is 0 Å². The predicted molar refractivity (Wildman–Crippen MR) is 143 cm³/mol. The average Bonchev–Trinajstić information content (AvgIpc) is 2.89. The maximum absolute atomic E-state index is 12.1. The molecular formula is C26H25Cl3N4O4. The highest BCUT2D eigenvalue weighted by Crippen LogP contribution is 2.40. The van der Waals surface area contributed by atoms with E-state index in [4.69, 9.17) is 39.5 Å². The van der Waals surface area contributed by atoms with Gasteiger partial charge in [-0.05, 0) is 31.0 Å². The Kier molecular flexibility index (Phi) is 8.42. The van der Waals surface area contributed by atoms with Gasteiger partial charge in [0, 0.05) is 54.5 Å². The largest absolute Gasteiger partial charge is 0.481 e. The Morgan fingerprint density at radius 1 is 1.05 bits per heavy atom. The number of amides is 2. The van der Waals surface area contributed by atoms with Crippen LogP contribution < -0.4 is 4.74 Å². The molecule has 1 aliphatic heterocycles. The van der Waals surface area contributed by atoms with Gasteiger partial charge in [-0.25, -0.2) is 14.8 Å². The quantitative estimate of drug-likeness (QED) is 0.355. The first kappa shape index (κ1) is 27.0. The molecule has 37 heavy (non-hydrogen) atoms. The van der Waals surface area contributed by atoms with Crippen molar-refractivity contribution >= 4 is 46.8 Å². The third-order valence-electron chi connectivity index (χ3n) is 6.48. The number of ether oxygens (including phenoxy) is 1. The molecular weight excluding hydrogens is 539 g/mol. The monoisotopic (exact) mass is 562 g/mol. The van der Waals surface area contributed by atoms with E-state index in [1.54, 1.807) is 29.3 Å². The van der Waals surface area contributed by atoms with Gasteiger partial charge in [0.25, 0.3) is 0 Å². The highest BCUT2D eigenvalue weighted by atomic mass is 35.5. The van der Waals surface area contributed by atoms with Crippen molar-refractivity contribution in [3.8, 4) is 28.3 Å². The molecule has 2 aromatic heterocycles. The minimum absolute atomic E-state index is 0.00110. The Hall–Kier alpha value is -3.07. The number of piperidine rings is 1. The van der Waals surface area contributed by atoms with Gasteiger partial charge >= 0.3 is 6.09 Å². The minimum Gasteiger partial charge on any atom is -0.481 e. The van der Waals surface area contributed by atoms with Crippen LogP contribution in [0.25, 0.3) is 22.4 Å². The number of pyridine rings is 2. The standard InChI is InChI=1S/C26H25Cl3N4O4/c1-15(34)32-12-9-17(10-13-32)33(26(35)36)14-16-6-7-21(31-25(16)37-2)20-5-3-4-18(22(20)27)19-8-11-30-24(29)23(19)28/h3-8,11,17H,9-10,12-14H2,1-2H3,(H,35,36).